The van der Waals surface area contributed by atoms with Crippen LogP contribution in [0.25, 0.3) is 0 Å². The SMILES string of the molecule is CC(C)C(N)CC(=O)N(CC1CCCO1)C1CCSC1. The number of carbonyl (C=O) groups is 1. The lowest BCUT2D eigenvalue weighted by molar-refractivity contribution is -0.135. The summed E-state index contributed by atoms with van der Waals surface area (Å²) in [6, 6.07) is 0.347. The zero-order chi connectivity index (χ0) is 14.5. The van der Waals surface area contributed by atoms with E-state index < -0.39 is 0 Å². The summed E-state index contributed by atoms with van der Waals surface area (Å²) in [5.74, 6) is 2.79. The molecule has 2 rings (SSSR count). The molecule has 2 saturated heterocycles. The molecule has 3 atom stereocenters. The number of amides is 1. The number of rotatable bonds is 6. The number of nitrogens with two attached hydrogens (primary N) is 1. The summed E-state index contributed by atoms with van der Waals surface area (Å²) < 4.78 is 5.71. The van der Waals surface area contributed by atoms with E-state index in [0.717, 1.165) is 43.9 Å². The van der Waals surface area contributed by atoms with Crippen LogP contribution in [0, 0.1) is 5.92 Å². The molecule has 0 radical (unpaired) electrons. The summed E-state index contributed by atoms with van der Waals surface area (Å²) in [7, 11) is 0. The summed E-state index contributed by atoms with van der Waals surface area (Å²) in [6.45, 7) is 5.76. The largest absolute Gasteiger partial charge is 0.376 e. The maximum atomic E-state index is 12.6. The van der Waals surface area contributed by atoms with E-state index in [1.54, 1.807) is 0 Å². The topological polar surface area (TPSA) is 55.6 Å². The van der Waals surface area contributed by atoms with Crippen molar-refractivity contribution in [1.82, 2.24) is 4.90 Å². The van der Waals surface area contributed by atoms with E-state index in [-0.39, 0.29) is 18.1 Å². The van der Waals surface area contributed by atoms with Crippen molar-refractivity contribution in [2.75, 3.05) is 24.7 Å². The predicted octanol–water partition coefficient (Wildman–Crippen LogP) is 1.87. The Bertz CT molecular complexity index is 313. The van der Waals surface area contributed by atoms with Gasteiger partial charge in [-0.05, 0) is 30.9 Å². The second kappa shape index (κ2) is 7.66. The molecule has 2 aliphatic rings. The van der Waals surface area contributed by atoms with Crippen LogP contribution in [0.2, 0.25) is 0 Å². The number of carbonyl (C=O) groups excluding carboxylic acids is 1. The molecule has 0 aliphatic carbocycles. The van der Waals surface area contributed by atoms with Crippen molar-refractivity contribution in [1.29, 1.82) is 0 Å². The zero-order valence-electron chi connectivity index (χ0n) is 12.7. The molecule has 2 N–H and O–H groups in total. The molecule has 0 aromatic heterocycles. The second-order valence-electron chi connectivity index (χ2n) is 6.31. The third-order valence-electron chi connectivity index (χ3n) is 4.36. The van der Waals surface area contributed by atoms with Crippen molar-refractivity contribution in [2.45, 2.75) is 57.7 Å². The summed E-state index contributed by atoms with van der Waals surface area (Å²) in [5.41, 5.74) is 6.08. The average Bonchev–Trinajstić information content (AvgIpc) is 3.08. The number of thioether (sulfide) groups is 1. The van der Waals surface area contributed by atoms with Crippen molar-refractivity contribution < 1.29 is 9.53 Å². The van der Waals surface area contributed by atoms with Gasteiger partial charge in [-0.1, -0.05) is 13.8 Å². The maximum Gasteiger partial charge on any atom is 0.224 e. The summed E-state index contributed by atoms with van der Waals surface area (Å²) in [6.07, 6.45) is 4.02. The predicted molar refractivity (Wildman–Crippen MR) is 83.8 cm³/mol. The van der Waals surface area contributed by atoms with E-state index in [2.05, 4.69) is 18.7 Å². The van der Waals surface area contributed by atoms with Crippen LogP contribution < -0.4 is 5.73 Å². The molecule has 5 heteroatoms. The van der Waals surface area contributed by atoms with Gasteiger partial charge in [-0.25, -0.2) is 0 Å². The summed E-state index contributed by atoms with van der Waals surface area (Å²) in [5, 5.41) is 0. The molecule has 0 aromatic rings. The van der Waals surface area contributed by atoms with Crippen LogP contribution in [-0.4, -0.2) is 53.7 Å². The minimum Gasteiger partial charge on any atom is -0.376 e. The molecule has 0 spiro atoms. The van der Waals surface area contributed by atoms with Crippen LogP contribution >= 0.6 is 11.8 Å². The van der Waals surface area contributed by atoms with E-state index in [1.165, 1.54) is 0 Å². The molecule has 2 aliphatic heterocycles. The van der Waals surface area contributed by atoms with Gasteiger partial charge in [0.05, 0.1) is 6.10 Å². The molecule has 0 saturated carbocycles. The first-order chi connectivity index (χ1) is 9.58. The van der Waals surface area contributed by atoms with Gasteiger partial charge in [0.1, 0.15) is 0 Å². The molecule has 2 fully saturated rings. The van der Waals surface area contributed by atoms with Crippen molar-refractivity contribution in [2.24, 2.45) is 11.7 Å². The van der Waals surface area contributed by atoms with E-state index >= 15 is 0 Å². The van der Waals surface area contributed by atoms with Gasteiger partial charge in [-0.3, -0.25) is 4.79 Å². The van der Waals surface area contributed by atoms with Crippen molar-refractivity contribution in [3.05, 3.63) is 0 Å². The van der Waals surface area contributed by atoms with Crippen molar-refractivity contribution >= 4 is 17.7 Å². The minimum absolute atomic E-state index is 0.0384. The van der Waals surface area contributed by atoms with Gasteiger partial charge in [-0.2, -0.15) is 11.8 Å². The third-order valence-corrected chi connectivity index (χ3v) is 5.50. The highest BCUT2D eigenvalue weighted by atomic mass is 32.2. The summed E-state index contributed by atoms with van der Waals surface area (Å²) >= 11 is 1.95. The summed E-state index contributed by atoms with van der Waals surface area (Å²) in [4.78, 5) is 14.7. The Hall–Kier alpha value is -0.260. The van der Waals surface area contributed by atoms with Gasteiger partial charge in [-0.15, -0.1) is 0 Å². The highest BCUT2D eigenvalue weighted by Crippen LogP contribution is 2.25. The zero-order valence-corrected chi connectivity index (χ0v) is 13.5. The Balaban J connectivity index is 1.94. The van der Waals surface area contributed by atoms with E-state index in [1.807, 2.05) is 11.8 Å². The fourth-order valence-corrected chi connectivity index (χ4v) is 4.01. The number of hydrogen-bond acceptors (Lipinski definition) is 4. The molecular weight excluding hydrogens is 272 g/mol. The molecule has 20 heavy (non-hydrogen) atoms. The van der Waals surface area contributed by atoms with Gasteiger partial charge in [0.25, 0.3) is 0 Å². The van der Waals surface area contributed by atoms with E-state index in [4.69, 9.17) is 10.5 Å². The molecule has 0 bridgehead atoms. The lowest BCUT2D eigenvalue weighted by Crippen LogP contribution is -2.47. The van der Waals surface area contributed by atoms with Crippen LogP contribution in [0.3, 0.4) is 0 Å². The van der Waals surface area contributed by atoms with Gasteiger partial charge < -0.3 is 15.4 Å². The highest BCUT2D eigenvalue weighted by Gasteiger charge is 2.31. The Kier molecular flexibility index (Phi) is 6.18. The Morgan fingerprint density at radius 2 is 2.25 bits per heavy atom. The lowest BCUT2D eigenvalue weighted by Gasteiger charge is -2.32. The van der Waals surface area contributed by atoms with Gasteiger partial charge in [0.2, 0.25) is 5.91 Å². The van der Waals surface area contributed by atoms with Crippen LogP contribution in [0.4, 0.5) is 0 Å². The molecular formula is C15H28N2O2S. The first-order valence-corrected chi connectivity index (χ1v) is 8.97. The first-order valence-electron chi connectivity index (χ1n) is 7.82. The Morgan fingerprint density at radius 3 is 2.80 bits per heavy atom. The smallest absolute Gasteiger partial charge is 0.224 e. The monoisotopic (exact) mass is 300 g/mol. The van der Waals surface area contributed by atoms with Crippen molar-refractivity contribution in [3.63, 3.8) is 0 Å². The fourth-order valence-electron chi connectivity index (χ4n) is 2.78. The molecule has 1 amide bonds. The van der Waals surface area contributed by atoms with Gasteiger partial charge in [0.15, 0.2) is 0 Å². The normalized spacial score (nSPS) is 28.0. The first kappa shape index (κ1) is 16.1. The standard InChI is InChI=1S/C15H28N2O2S/c1-11(2)14(16)8-15(18)17(12-5-7-20-10-12)9-13-4-3-6-19-13/h11-14H,3-10,16H2,1-2H3. The van der Waals surface area contributed by atoms with E-state index in [0.29, 0.717) is 18.4 Å². The fraction of sp³-hybridized carbons (Fsp3) is 0.933. The number of nitrogens with zero attached hydrogens (tertiary/aromatic N) is 1. The minimum atomic E-state index is -0.0384. The Morgan fingerprint density at radius 1 is 1.45 bits per heavy atom. The maximum absolute atomic E-state index is 12.6. The van der Waals surface area contributed by atoms with Crippen LogP contribution in [-0.2, 0) is 9.53 Å². The van der Waals surface area contributed by atoms with Gasteiger partial charge >= 0.3 is 0 Å². The molecule has 0 aromatic carbocycles. The van der Waals surface area contributed by atoms with Gasteiger partial charge in [0, 0.05) is 37.4 Å². The van der Waals surface area contributed by atoms with Crippen LogP contribution in [0.15, 0.2) is 0 Å². The Labute approximate surface area is 126 Å². The van der Waals surface area contributed by atoms with Crippen LogP contribution in [0.1, 0.15) is 39.5 Å². The molecule has 4 nitrogen and oxygen atoms in total. The molecule has 3 unspecified atom stereocenters. The quantitative estimate of drug-likeness (QED) is 0.813. The number of hydrogen-bond donors (Lipinski definition) is 1. The van der Waals surface area contributed by atoms with Crippen molar-refractivity contribution in [3.8, 4) is 0 Å². The van der Waals surface area contributed by atoms with Crippen LogP contribution in [0.5, 0.6) is 0 Å². The second-order valence-corrected chi connectivity index (χ2v) is 7.46. The lowest BCUT2D eigenvalue weighted by atomic mass is 10.0. The average molecular weight is 300 g/mol. The third kappa shape index (κ3) is 4.37. The van der Waals surface area contributed by atoms with E-state index in [9.17, 15) is 4.79 Å². The number of ether oxygens (including phenoxy) is 1. The molecule has 2 heterocycles. The molecule has 116 valence electrons. The highest BCUT2D eigenvalue weighted by molar-refractivity contribution is 7.99.